The summed E-state index contributed by atoms with van der Waals surface area (Å²) in [6.45, 7) is 47.2. The largest absolute Gasteiger partial charge is 0.376 e. The van der Waals surface area contributed by atoms with E-state index in [1.807, 2.05) is 52.1 Å². The van der Waals surface area contributed by atoms with Gasteiger partial charge in [0.25, 0.3) is 0 Å². The molecule has 0 atom stereocenters. The lowest BCUT2D eigenvalue weighted by Crippen LogP contribution is -2.15. The molecule has 0 aromatic carbocycles. The molecule has 6 aromatic heterocycles. The molecule has 0 N–H and O–H groups in total. The standard InChI is InChI=1S/C11H18N2.3C10H15N.C8H13NS.C7H13N3/c1-11(2,3)10-7-6-9(8-12-10)13(4)5;3*1-8-5-6-9(11-7-8)10(2,3)4;1-6-5-9-7(10-6)8(2,3)4;1-7(2,3)6-8-5-10(4)9-6/h6-8H,1-5H3;3*5-7H,1-4H3;2*5H,1-4H3. The van der Waals surface area contributed by atoms with Gasteiger partial charge in [0.2, 0.25) is 0 Å². The van der Waals surface area contributed by atoms with E-state index < -0.39 is 0 Å². The van der Waals surface area contributed by atoms with Crippen LogP contribution in [0.2, 0.25) is 0 Å². The zero-order chi connectivity index (χ0) is 51.1. The highest BCUT2D eigenvalue weighted by atomic mass is 32.1. The number of rotatable bonds is 1. The third-order valence-electron chi connectivity index (χ3n) is 9.61. The van der Waals surface area contributed by atoms with Gasteiger partial charge >= 0.3 is 0 Å². The van der Waals surface area contributed by atoms with E-state index in [-0.39, 0.29) is 32.5 Å². The molecule has 6 aromatic rings. The number of thiazole rings is 1. The van der Waals surface area contributed by atoms with Crippen molar-refractivity contribution in [1.29, 1.82) is 0 Å². The van der Waals surface area contributed by atoms with E-state index in [4.69, 9.17) is 0 Å². The first-order valence-corrected chi connectivity index (χ1v) is 23.9. The fourth-order valence-corrected chi connectivity index (χ4v) is 6.04. The fourth-order valence-electron chi connectivity index (χ4n) is 5.21. The molecule has 0 saturated carbocycles. The van der Waals surface area contributed by atoms with Crippen LogP contribution in [0.1, 0.15) is 180 Å². The molecule has 0 spiro atoms. The van der Waals surface area contributed by atoms with Crippen molar-refractivity contribution in [1.82, 2.24) is 39.7 Å². The second-order valence-corrected chi connectivity index (χ2v) is 24.7. The van der Waals surface area contributed by atoms with Crippen LogP contribution in [0, 0.1) is 27.7 Å². The summed E-state index contributed by atoms with van der Waals surface area (Å²) < 4.78 is 1.72. The average Bonchev–Trinajstić information content (AvgIpc) is 3.84. The molecule has 364 valence electrons. The van der Waals surface area contributed by atoms with Crippen molar-refractivity contribution in [2.45, 2.75) is 185 Å². The summed E-state index contributed by atoms with van der Waals surface area (Å²) in [5.41, 5.74) is 10.4. The Balaban J connectivity index is 0.000000397. The Morgan fingerprint density at radius 2 is 0.758 bits per heavy atom. The molecule has 0 aliphatic carbocycles. The SMILES string of the molecule is CN(C)c1ccc(C(C)(C)C)nc1.Cc1ccc(C(C)(C)C)nc1.Cc1ccc(C(C)(C)C)nc1.Cc1ccc(C(C)(C)C)nc1.Cc1cnc(C(C)(C)C)s1.Cn1cnc(C(C)(C)C)n1. The first kappa shape index (κ1) is 59.2. The Bertz CT molecular complexity index is 2060. The number of nitrogens with zero attached hydrogens (tertiary/aromatic N) is 9. The average molecular weight is 920 g/mol. The topological polar surface area (TPSA) is 98.4 Å². The predicted molar refractivity (Wildman–Crippen MR) is 286 cm³/mol. The van der Waals surface area contributed by atoms with Crippen molar-refractivity contribution < 1.29 is 0 Å². The normalized spacial score (nSPS) is 11.7. The molecule has 0 bridgehead atoms. The Kier molecular flexibility index (Phi) is 22.2. The van der Waals surface area contributed by atoms with Crippen molar-refractivity contribution in [3.05, 3.63) is 141 Å². The summed E-state index contributed by atoms with van der Waals surface area (Å²) in [5, 5.41) is 5.41. The van der Waals surface area contributed by atoms with Crippen LogP contribution in [0.15, 0.2) is 85.8 Å². The van der Waals surface area contributed by atoms with Gasteiger partial charge in [-0.15, -0.1) is 11.3 Å². The molecular weight excluding hydrogens is 831 g/mol. The summed E-state index contributed by atoms with van der Waals surface area (Å²) in [7, 11) is 5.92. The minimum absolute atomic E-state index is 0.0707. The van der Waals surface area contributed by atoms with Crippen LogP contribution in [-0.4, -0.2) is 53.8 Å². The molecule has 0 fully saturated rings. The molecule has 6 rings (SSSR count). The minimum Gasteiger partial charge on any atom is -0.376 e. The molecule has 6 heterocycles. The van der Waals surface area contributed by atoms with Gasteiger partial charge in [-0.25, -0.2) is 9.97 Å². The molecule has 0 aliphatic heterocycles. The molecule has 9 nitrogen and oxygen atoms in total. The molecule has 0 aliphatic rings. The number of aryl methyl sites for hydroxylation is 5. The van der Waals surface area contributed by atoms with Crippen molar-refractivity contribution in [2.24, 2.45) is 7.05 Å². The van der Waals surface area contributed by atoms with Crippen LogP contribution < -0.4 is 4.90 Å². The van der Waals surface area contributed by atoms with Gasteiger partial charge in [-0.05, 0) is 74.7 Å². The third-order valence-corrected chi connectivity index (χ3v) is 10.9. The van der Waals surface area contributed by atoms with E-state index in [0.29, 0.717) is 0 Å². The van der Waals surface area contributed by atoms with Gasteiger partial charge < -0.3 is 4.90 Å². The highest BCUT2D eigenvalue weighted by Gasteiger charge is 2.19. The van der Waals surface area contributed by atoms with E-state index in [0.717, 1.165) is 34.3 Å². The van der Waals surface area contributed by atoms with Crippen molar-refractivity contribution in [3.63, 3.8) is 0 Å². The Morgan fingerprint density at radius 3 is 0.924 bits per heavy atom. The van der Waals surface area contributed by atoms with Gasteiger partial charge in [-0.2, -0.15) is 5.10 Å². The van der Waals surface area contributed by atoms with E-state index >= 15 is 0 Å². The quantitative estimate of drug-likeness (QED) is 0.161. The minimum atomic E-state index is 0.0707. The number of anilines is 1. The number of aromatic nitrogens is 8. The van der Waals surface area contributed by atoms with Gasteiger partial charge in [-0.3, -0.25) is 24.6 Å². The number of hydrogen-bond donors (Lipinski definition) is 0. The summed E-state index contributed by atoms with van der Waals surface area (Å²) in [6, 6.07) is 16.8. The van der Waals surface area contributed by atoms with Gasteiger partial charge in [0, 0.05) is 106 Å². The predicted octanol–water partition coefficient (Wildman–Crippen LogP) is 14.4. The third kappa shape index (κ3) is 23.1. The van der Waals surface area contributed by atoms with Crippen LogP contribution in [0.25, 0.3) is 0 Å². The Labute approximate surface area is 406 Å². The Hall–Kier alpha value is -4.83. The molecule has 0 unspecified atom stereocenters. The lowest BCUT2D eigenvalue weighted by atomic mass is 9.91. The lowest BCUT2D eigenvalue weighted by Gasteiger charge is -2.19. The van der Waals surface area contributed by atoms with Crippen LogP contribution in [-0.2, 0) is 39.5 Å². The highest BCUT2D eigenvalue weighted by molar-refractivity contribution is 7.11. The maximum Gasteiger partial charge on any atom is 0.155 e. The number of pyridine rings is 4. The van der Waals surface area contributed by atoms with Crippen LogP contribution in [0.4, 0.5) is 5.69 Å². The van der Waals surface area contributed by atoms with Gasteiger partial charge in [0.15, 0.2) is 5.82 Å². The molecular formula is C56H89N9S. The Morgan fingerprint density at radius 1 is 0.409 bits per heavy atom. The molecule has 0 saturated heterocycles. The van der Waals surface area contributed by atoms with Gasteiger partial charge in [0.05, 0.1) is 16.9 Å². The summed E-state index contributed by atoms with van der Waals surface area (Å²) >= 11 is 1.78. The zero-order valence-corrected chi connectivity index (χ0v) is 46.8. The summed E-state index contributed by atoms with van der Waals surface area (Å²) in [4.78, 5) is 29.3. The van der Waals surface area contributed by atoms with Crippen molar-refractivity contribution in [2.75, 3.05) is 19.0 Å². The highest BCUT2D eigenvalue weighted by Crippen LogP contribution is 2.26. The fraction of sp³-hybridized carbons (Fsp3) is 0.554. The zero-order valence-electron chi connectivity index (χ0n) is 46.0. The van der Waals surface area contributed by atoms with Crippen molar-refractivity contribution >= 4 is 17.0 Å². The first-order valence-electron chi connectivity index (χ1n) is 23.1. The van der Waals surface area contributed by atoms with Crippen LogP contribution >= 0.6 is 11.3 Å². The van der Waals surface area contributed by atoms with Gasteiger partial charge in [0.1, 0.15) is 6.33 Å². The lowest BCUT2D eigenvalue weighted by molar-refractivity contribution is 0.538. The van der Waals surface area contributed by atoms with Crippen molar-refractivity contribution in [3.8, 4) is 0 Å². The van der Waals surface area contributed by atoms with Crippen LogP contribution in [0.3, 0.4) is 0 Å². The van der Waals surface area contributed by atoms with Crippen LogP contribution in [0.5, 0.6) is 0 Å². The second kappa shape index (κ2) is 24.8. The maximum absolute atomic E-state index is 4.43. The molecule has 0 amide bonds. The first-order chi connectivity index (χ1) is 29.9. The molecule has 66 heavy (non-hydrogen) atoms. The molecule has 0 radical (unpaired) electrons. The second-order valence-electron chi connectivity index (χ2n) is 23.5. The monoisotopic (exact) mass is 920 g/mol. The van der Waals surface area contributed by atoms with E-state index in [1.165, 1.54) is 26.6 Å². The number of hydrogen-bond acceptors (Lipinski definition) is 9. The van der Waals surface area contributed by atoms with Gasteiger partial charge in [-0.1, -0.05) is 143 Å². The summed E-state index contributed by atoms with van der Waals surface area (Å²) in [5.74, 6) is 0.898. The summed E-state index contributed by atoms with van der Waals surface area (Å²) in [6.07, 6.45) is 11.3. The maximum atomic E-state index is 4.43. The van der Waals surface area contributed by atoms with E-state index in [9.17, 15) is 0 Å². The van der Waals surface area contributed by atoms with E-state index in [2.05, 4.69) is 241 Å². The molecule has 10 heteroatoms. The van der Waals surface area contributed by atoms with E-state index in [1.54, 1.807) is 22.3 Å². The smallest absolute Gasteiger partial charge is 0.155 e.